The maximum Gasteiger partial charge on any atom is 0.230 e. The van der Waals surface area contributed by atoms with Crippen molar-refractivity contribution in [1.82, 2.24) is 20.1 Å². The van der Waals surface area contributed by atoms with Crippen molar-refractivity contribution in [2.75, 3.05) is 12.9 Å². The Morgan fingerprint density at radius 3 is 2.68 bits per heavy atom. The highest BCUT2D eigenvalue weighted by molar-refractivity contribution is 7.99. The van der Waals surface area contributed by atoms with E-state index in [0.717, 1.165) is 27.9 Å². The Morgan fingerprint density at radius 2 is 1.96 bits per heavy atom. The van der Waals surface area contributed by atoms with Gasteiger partial charge in [0.15, 0.2) is 11.0 Å². The number of thioether (sulfide) groups is 1. The molecule has 1 N–H and O–H groups in total. The number of ether oxygens (including phenoxy) is 1. The van der Waals surface area contributed by atoms with Crippen LogP contribution in [-0.2, 0) is 11.3 Å². The van der Waals surface area contributed by atoms with Gasteiger partial charge in [-0.2, -0.15) is 0 Å². The van der Waals surface area contributed by atoms with Gasteiger partial charge >= 0.3 is 0 Å². The summed E-state index contributed by atoms with van der Waals surface area (Å²) in [5.74, 6) is 1.79. The van der Waals surface area contributed by atoms with Gasteiger partial charge in [0.2, 0.25) is 5.91 Å². The van der Waals surface area contributed by atoms with Gasteiger partial charge in [-0.15, -0.1) is 10.2 Å². The van der Waals surface area contributed by atoms with Crippen molar-refractivity contribution in [3.05, 3.63) is 60.2 Å². The molecule has 1 aromatic heterocycles. The molecule has 0 radical (unpaired) electrons. The van der Waals surface area contributed by atoms with Crippen LogP contribution in [0.5, 0.6) is 5.75 Å². The first-order valence-corrected chi connectivity index (χ1v) is 10.2. The number of carbonyl (C=O) groups is 1. The van der Waals surface area contributed by atoms with E-state index in [2.05, 4.69) is 15.5 Å². The molecule has 3 rings (SSSR count). The zero-order chi connectivity index (χ0) is 19.9. The van der Waals surface area contributed by atoms with E-state index in [9.17, 15) is 4.79 Å². The minimum atomic E-state index is -0.0364. The van der Waals surface area contributed by atoms with Crippen LogP contribution in [0.4, 0.5) is 0 Å². The van der Waals surface area contributed by atoms with Crippen molar-refractivity contribution in [2.45, 2.75) is 31.6 Å². The maximum absolute atomic E-state index is 12.4. The Labute approximate surface area is 169 Å². The summed E-state index contributed by atoms with van der Waals surface area (Å²) in [6.45, 7) is 4.73. The molecule has 1 heterocycles. The Morgan fingerprint density at radius 1 is 1.18 bits per heavy atom. The Kier molecular flexibility index (Phi) is 6.71. The monoisotopic (exact) mass is 396 g/mol. The normalized spacial score (nSPS) is 11.8. The highest BCUT2D eigenvalue weighted by atomic mass is 32.2. The topological polar surface area (TPSA) is 69.0 Å². The summed E-state index contributed by atoms with van der Waals surface area (Å²) >= 11 is 1.39. The molecule has 0 aliphatic heterocycles. The number of hydrogen-bond acceptors (Lipinski definition) is 5. The summed E-state index contributed by atoms with van der Waals surface area (Å²) in [5, 5.41) is 12.4. The summed E-state index contributed by atoms with van der Waals surface area (Å²) in [7, 11) is 1.64. The maximum atomic E-state index is 12.4. The van der Waals surface area contributed by atoms with Gasteiger partial charge in [0, 0.05) is 12.1 Å². The first kappa shape index (κ1) is 19.9. The zero-order valence-corrected chi connectivity index (χ0v) is 17.1. The SMILES string of the molecule is CCn1c(SCC(=O)NC(C)c2ccccc2)nnc1-c1cccc(OC)c1. The van der Waals surface area contributed by atoms with Crippen LogP contribution in [0.3, 0.4) is 0 Å². The molecule has 1 amide bonds. The number of carbonyl (C=O) groups excluding carboxylic acids is 1. The summed E-state index contributed by atoms with van der Waals surface area (Å²) in [4.78, 5) is 12.4. The molecule has 1 atom stereocenters. The molecule has 0 bridgehead atoms. The summed E-state index contributed by atoms with van der Waals surface area (Å²) < 4.78 is 7.30. The van der Waals surface area contributed by atoms with Gasteiger partial charge in [0.1, 0.15) is 5.75 Å². The van der Waals surface area contributed by atoms with E-state index < -0.39 is 0 Å². The summed E-state index contributed by atoms with van der Waals surface area (Å²) in [5.41, 5.74) is 2.01. The van der Waals surface area contributed by atoms with E-state index in [1.807, 2.05) is 73.0 Å². The number of methoxy groups -OCH3 is 1. The van der Waals surface area contributed by atoms with Gasteiger partial charge in [-0.25, -0.2) is 0 Å². The van der Waals surface area contributed by atoms with Crippen LogP contribution in [-0.4, -0.2) is 33.5 Å². The van der Waals surface area contributed by atoms with Gasteiger partial charge in [0.25, 0.3) is 0 Å². The summed E-state index contributed by atoms with van der Waals surface area (Å²) in [6.07, 6.45) is 0. The number of hydrogen-bond donors (Lipinski definition) is 1. The fourth-order valence-corrected chi connectivity index (χ4v) is 3.71. The van der Waals surface area contributed by atoms with Gasteiger partial charge < -0.3 is 14.6 Å². The quantitative estimate of drug-likeness (QED) is 0.584. The third kappa shape index (κ3) is 4.72. The van der Waals surface area contributed by atoms with Crippen LogP contribution in [0, 0.1) is 0 Å². The van der Waals surface area contributed by atoms with Crippen LogP contribution < -0.4 is 10.1 Å². The molecule has 0 saturated heterocycles. The van der Waals surface area contributed by atoms with Gasteiger partial charge in [-0.05, 0) is 31.5 Å². The molecule has 146 valence electrons. The second kappa shape index (κ2) is 9.41. The predicted molar refractivity (Wildman–Crippen MR) is 111 cm³/mol. The van der Waals surface area contributed by atoms with Gasteiger partial charge in [0.05, 0.1) is 18.9 Å². The second-order valence-electron chi connectivity index (χ2n) is 6.27. The van der Waals surface area contributed by atoms with Crippen LogP contribution in [0.15, 0.2) is 59.8 Å². The Bertz CT molecular complexity index is 927. The van der Waals surface area contributed by atoms with Crippen LogP contribution in [0.25, 0.3) is 11.4 Å². The minimum Gasteiger partial charge on any atom is -0.497 e. The average Bonchev–Trinajstić information content (AvgIpc) is 3.16. The first-order valence-electron chi connectivity index (χ1n) is 9.17. The number of nitrogens with zero attached hydrogens (tertiary/aromatic N) is 3. The largest absolute Gasteiger partial charge is 0.497 e. The third-order valence-corrected chi connectivity index (χ3v) is 5.34. The average molecular weight is 397 g/mol. The van der Waals surface area contributed by atoms with Crippen molar-refractivity contribution in [1.29, 1.82) is 0 Å². The lowest BCUT2D eigenvalue weighted by Crippen LogP contribution is -2.28. The van der Waals surface area contributed by atoms with Crippen molar-refractivity contribution < 1.29 is 9.53 Å². The van der Waals surface area contributed by atoms with Crippen molar-refractivity contribution >= 4 is 17.7 Å². The number of aromatic nitrogens is 3. The Hall–Kier alpha value is -2.80. The molecule has 28 heavy (non-hydrogen) atoms. The Balaban J connectivity index is 1.66. The number of benzene rings is 2. The molecule has 0 aliphatic carbocycles. The molecule has 2 aromatic carbocycles. The fourth-order valence-electron chi connectivity index (χ4n) is 2.89. The highest BCUT2D eigenvalue weighted by Crippen LogP contribution is 2.26. The van der Waals surface area contributed by atoms with Gasteiger partial charge in [-0.1, -0.05) is 54.2 Å². The lowest BCUT2D eigenvalue weighted by Gasteiger charge is -2.14. The lowest BCUT2D eigenvalue weighted by molar-refractivity contribution is -0.119. The van der Waals surface area contributed by atoms with E-state index in [1.165, 1.54) is 11.8 Å². The van der Waals surface area contributed by atoms with Crippen molar-refractivity contribution in [3.63, 3.8) is 0 Å². The van der Waals surface area contributed by atoms with E-state index in [4.69, 9.17) is 4.74 Å². The first-order chi connectivity index (χ1) is 13.6. The second-order valence-corrected chi connectivity index (χ2v) is 7.21. The number of amides is 1. The van der Waals surface area contributed by atoms with Crippen molar-refractivity contribution in [3.8, 4) is 17.1 Å². The predicted octanol–water partition coefficient (Wildman–Crippen LogP) is 3.94. The van der Waals surface area contributed by atoms with Crippen LogP contribution >= 0.6 is 11.8 Å². The van der Waals surface area contributed by atoms with E-state index in [0.29, 0.717) is 6.54 Å². The molecule has 3 aromatic rings. The minimum absolute atomic E-state index is 0.0325. The lowest BCUT2D eigenvalue weighted by atomic mass is 10.1. The number of nitrogens with one attached hydrogen (secondary N) is 1. The van der Waals surface area contributed by atoms with Crippen LogP contribution in [0.2, 0.25) is 0 Å². The van der Waals surface area contributed by atoms with Crippen molar-refractivity contribution in [2.24, 2.45) is 0 Å². The summed E-state index contributed by atoms with van der Waals surface area (Å²) in [6, 6.07) is 17.6. The van der Waals surface area contributed by atoms with E-state index >= 15 is 0 Å². The molecule has 7 heteroatoms. The van der Waals surface area contributed by atoms with E-state index in [-0.39, 0.29) is 17.7 Å². The third-order valence-electron chi connectivity index (χ3n) is 4.37. The van der Waals surface area contributed by atoms with Crippen LogP contribution in [0.1, 0.15) is 25.5 Å². The molecule has 0 saturated carbocycles. The van der Waals surface area contributed by atoms with Gasteiger partial charge in [-0.3, -0.25) is 4.79 Å². The molecule has 6 nitrogen and oxygen atoms in total. The molecule has 0 aliphatic rings. The van der Waals surface area contributed by atoms with E-state index in [1.54, 1.807) is 7.11 Å². The fraction of sp³-hybridized carbons (Fsp3) is 0.286. The molecule has 0 spiro atoms. The number of rotatable bonds is 8. The molecule has 0 fully saturated rings. The molecular weight excluding hydrogens is 372 g/mol. The molecular formula is C21H24N4O2S. The highest BCUT2D eigenvalue weighted by Gasteiger charge is 2.16. The molecule has 1 unspecified atom stereocenters. The standard InChI is InChI=1S/C21H24N4O2S/c1-4-25-20(17-11-8-12-18(13-17)27-3)23-24-21(25)28-14-19(26)22-15(2)16-9-6-5-7-10-16/h5-13,15H,4,14H2,1-3H3,(H,22,26). The zero-order valence-electron chi connectivity index (χ0n) is 16.3. The smallest absolute Gasteiger partial charge is 0.230 e.